The van der Waals surface area contributed by atoms with Gasteiger partial charge in [-0.15, -0.1) is 11.3 Å². The monoisotopic (exact) mass is 446 g/mol. The Labute approximate surface area is 189 Å². The molecule has 0 bridgehead atoms. The van der Waals surface area contributed by atoms with Gasteiger partial charge in [-0.3, -0.25) is 0 Å². The molecular formula is C23H34N4O3S. The number of hydrogen-bond acceptors (Lipinski definition) is 6. The summed E-state index contributed by atoms with van der Waals surface area (Å²) in [5, 5.41) is 7.49. The number of aromatic nitrogens is 1. The van der Waals surface area contributed by atoms with E-state index in [9.17, 15) is 4.79 Å². The minimum Gasteiger partial charge on any atom is -0.462 e. The molecule has 8 heteroatoms. The number of guanidine groups is 1. The molecule has 7 nitrogen and oxygen atoms in total. The summed E-state index contributed by atoms with van der Waals surface area (Å²) < 4.78 is 10.8. The first-order valence-electron chi connectivity index (χ1n) is 10.8. The quantitative estimate of drug-likeness (QED) is 0.231. The van der Waals surface area contributed by atoms with Gasteiger partial charge in [0.1, 0.15) is 9.88 Å². The van der Waals surface area contributed by atoms with Crippen LogP contribution in [-0.4, -0.2) is 36.7 Å². The number of carbonyl (C=O) groups is 1. The van der Waals surface area contributed by atoms with Crippen molar-refractivity contribution in [3.05, 3.63) is 51.0 Å². The van der Waals surface area contributed by atoms with E-state index in [2.05, 4.69) is 34.7 Å². The van der Waals surface area contributed by atoms with Gasteiger partial charge in [0.25, 0.3) is 0 Å². The maximum atomic E-state index is 12.1. The maximum Gasteiger partial charge on any atom is 0.350 e. The molecule has 1 aromatic heterocycles. The Bertz CT molecular complexity index is 866. The zero-order valence-corrected chi connectivity index (χ0v) is 20.0. The lowest BCUT2D eigenvalue weighted by atomic mass is 10.1. The lowest BCUT2D eigenvalue weighted by Crippen LogP contribution is -2.38. The van der Waals surface area contributed by atoms with E-state index in [4.69, 9.17) is 14.5 Å². The Balaban J connectivity index is 2.10. The number of aliphatic imine (C=N–C) groups is 1. The third-order valence-electron chi connectivity index (χ3n) is 4.47. The first-order chi connectivity index (χ1) is 15.0. The molecule has 1 unspecified atom stereocenters. The number of thiazole rings is 1. The molecule has 1 atom stereocenters. The van der Waals surface area contributed by atoms with Crippen molar-refractivity contribution >= 4 is 23.3 Å². The van der Waals surface area contributed by atoms with Crippen LogP contribution in [0.5, 0.6) is 0 Å². The van der Waals surface area contributed by atoms with E-state index in [1.807, 2.05) is 32.9 Å². The number of nitrogens with zero attached hydrogens (tertiary/aromatic N) is 2. The van der Waals surface area contributed by atoms with E-state index in [1.54, 1.807) is 6.92 Å². The van der Waals surface area contributed by atoms with Crippen LogP contribution in [0.2, 0.25) is 0 Å². The summed E-state index contributed by atoms with van der Waals surface area (Å²) in [5.41, 5.74) is 2.98. The van der Waals surface area contributed by atoms with Gasteiger partial charge in [0.05, 0.1) is 31.5 Å². The van der Waals surface area contributed by atoms with Gasteiger partial charge in [-0.25, -0.2) is 14.8 Å². The number of benzene rings is 1. The molecule has 170 valence electrons. The van der Waals surface area contributed by atoms with E-state index >= 15 is 0 Å². The van der Waals surface area contributed by atoms with Crippen molar-refractivity contribution in [2.75, 3.05) is 19.8 Å². The van der Waals surface area contributed by atoms with Gasteiger partial charge in [-0.2, -0.15) is 0 Å². The van der Waals surface area contributed by atoms with Crippen LogP contribution in [0.3, 0.4) is 0 Å². The van der Waals surface area contributed by atoms with Crippen LogP contribution in [0.1, 0.15) is 71.7 Å². The number of esters is 1. The van der Waals surface area contributed by atoms with Crippen molar-refractivity contribution in [3.63, 3.8) is 0 Å². The van der Waals surface area contributed by atoms with Crippen LogP contribution in [0, 0.1) is 6.92 Å². The topological polar surface area (TPSA) is 84.8 Å². The number of hydrogen-bond donors (Lipinski definition) is 2. The number of ether oxygens (including phenoxy) is 2. The van der Waals surface area contributed by atoms with E-state index in [-0.39, 0.29) is 12.0 Å². The van der Waals surface area contributed by atoms with Gasteiger partial charge in [0.2, 0.25) is 0 Å². The summed E-state index contributed by atoms with van der Waals surface area (Å²) in [6.45, 7) is 12.7. The van der Waals surface area contributed by atoms with Gasteiger partial charge in [0.15, 0.2) is 5.96 Å². The molecule has 0 saturated carbocycles. The molecule has 0 spiro atoms. The Hall–Kier alpha value is -2.45. The summed E-state index contributed by atoms with van der Waals surface area (Å²) in [7, 11) is 0. The maximum absolute atomic E-state index is 12.1. The molecule has 0 radical (unpaired) electrons. The molecule has 2 aromatic rings. The van der Waals surface area contributed by atoms with Crippen molar-refractivity contribution in [1.82, 2.24) is 15.6 Å². The summed E-state index contributed by atoms with van der Waals surface area (Å²) >= 11 is 1.36. The summed E-state index contributed by atoms with van der Waals surface area (Å²) in [5.74, 6) is 0.378. The largest absolute Gasteiger partial charge is 0.462 e. The molecule has 1 aromatic carbocycles. The first kappa shape index (κ1) is 24.8. The van der Waals surface area contributed by atoms with Crippen LogP contribution in [0.15, 0.2) is 29.3 Å². The average molecular weight is 447 g/mol. The van der Waals surface area contributed by atoms with Gasteiger partial charge < -0.3 is 20.1 Å². The number of carbonyl (C=O) groups excluding carboxylic acids is 1. The molecule has 1 heterocycles. The molecule has 0 amide bonds. The minimum atomic E-state index is -0.321. The second-order valence-electron chi connectivity index (χ2n) is 7.07. The molecule has 0 aliphatic heterocycles. The molecule has 2 rings (SSSR count). The van der Waals surface area contributed by atoms with Gasteiger partial charge in [-0.1, -0.05) is 31.2 Å². The molecule has 0 aliphatic carbocycles. The van der Waals surface area contributed by atoms with Crippen LogP contribution in [0.4, 0.5) is 0 Å². The molecule has 0 fully saturated rings. The lowest BCUT2D eigenvalue weighted by Gasteiger charge is -2.16. The Morgan fingerprint density at radius 1 is 1.23 bits per heavy atom. The second kappa shape index (κ2) is 13.1. The normalized spacial score (nSPS) is 12.5. The Kier molecular flexibility index (Phi) is 10.5. The van der Waals surface area contributed by atoms with Crippen LogP contribution in [-0.2, 0) is 22.6 Å². The number of rotatable bonds is 11. The standard InChI is InChI=1S/C23H34N4O3S/c1-6-13-29-15-19-12-10-9-11-18(19)14-25-23(24-7-2)27-17(5)21-26-16(4)20(31-21)22(28)30-8-3/h9-12,17H,6-8,13-15H2,1-5H3,(H2,24,25,27). The Morgan fingerprint density at radius 3 is 2.65 bits per heavy atom. The molecule has 0 saturated heterocycles. The van der Waals surface area contributed by atoms with Crippen LogP contribution < -0.4 is 10.6 Å². The number of aryl methyl sites for hydroxylation is 1. The van der Waals surface area contributed by atoms with Gasteiger partial charge >= 0.3 is 5.97 Å². The summed E-state index contributed by atoms with van der Waals surface area (Å²) in [6.07, 6.45) is 1.00. The van der Waals surface area contributed by atoms with E-state index in [0.29, 0.717) is 36.3 Å². The second-order valence-corrected chi connectivity index (χ2v) is 8.10. The lowest BCUT2D eigenvalue weighted by molar-refractivity contribution is 0.0531. The van der Waals surface area contributed by atoms with Crippen molar-refractivity contribution < 1.29 is 14.3 Å². The first-order valence-corrected chi connectivity index (χ1v) is 11.7. The summed E-state index contributed by atoms with van der Waals surface area (Å²) in [4.78, 5) is 22.0. The molecular weight excluding hydrogens is 412 g/mol. The predicted octanol–water partition coefficient (Wildman–Crippen LogP) is 4.37. The van der Waals surface area contributed by atoms with Crippen LogP contribution >= 0.6 is 11.3 Å². The van der Waals surface area contributed by atoms with Crippen molar-refractivity contribution in [1.29, 1.82) is 0 Å². The zero-order valence-electron chi connectivity index (χ0n) is 19.2. The van der Waals surface area contributed by atoms with Crippen molar-refractivity contribution in [2.45, 2.75) is 60.2 Å². The minimum absolute atomic E-state index is 0.104. The highest BCUT2D eigenvalue weighted by atomic mass is 32.1. The van der Waals surface area contributed by atoms with E-state index in [1.165, 1.54) is 11.3 Å². The Morgan fingerprint density at radius 2 is 1.97 bits per heavy atom. The van der Waals surface area contributed by atoms with E-state index < -0.39 is 0 Å². The van der Waals surface area contributed by atoms with Crippen molar-refractivity contribution in [3.8, 4) is 0 Å². The molecule has 2 N–H and O–H groups in total. The third-order valence-corrected chi connectivity index (χ3v) is 5.79. The molecule has 31 heavy (non-hydrogen) atoms. The summed E-state index contributed by atoms with van der Waals surface area (Å²) in [6, 6.07) is 8.10. The number of nitrogens with one attached hydrogen (secondary N) is 2. The fourth-order valence-electron chi connectivity index (χ4n) is 2.92. The fourth-order valence-corrected chi connectivity index (χ4v) is 3.88. The molecule has 0 aliphatic rings. The zero-order chi connectivity index (χ0) is 22.6. The fraction of sp³-hybridized carbons (Fsp3) is 0.522. The average Bonchev–Trinajstić information content (AvgIpc) is 3.15. The predicted molar refractivity (Wildman–Crippen MR) is 126 cm³/mol. The van der Waals surface area contributed by atoms with Gasteiger partial charge in [0, 0.05) is 13.2 Å². The van der Waals surface area contributed by atoms with Crippen molar-refractivity contribution in [2.24, 2.45) is 4.99 Å². The van der Waals surface area contributed by atoms with E-state index in [0.717, 1.165) is 35.7 Å². The third kappa shape index (κ3) is 7.63. The van der Waals surface area contributed by atoms with Gasteiger partial charge in [-0.05, 0) is 45.2 Å². The highest BCUT2D eigenvalue weighted by Gasteiger charge is 2.20. The SMILES string of the molecule is CCCOCc1ccccc1CN=C(NCC)NC(C)c1nc(C)c(C(=O)OCC)s1. The van der Waals surface area contributed by atoms with Crippen LogP contribution in [0.25, 0.3) is 0 Å². The smallest absolute Gasteiger partial charge is 0.350 e. The highest BCUT2D eigenvalue weighted by molar-refractivity contribution is 7.13. The highest BCUT2D eigenvalue weighted by Crippen LogP contribution is 2.24.